The monoisotopic (exact) mass is 555 g/mol. The Balaban J connectivity index is 6.83. The van der Waals surface area contributed by atoms with E-state index in [1.54, 1.807) is 0 Å². The van der Waals surface area contributed by atoms with Crippen molar-refractivity contribution in [3.05, 3.63) is 0 Å². The molecule has 0 spiro atoms. The van der Waals surface area contributed by atoms with Crippen LogP contribution in [0.2, 0.25) is 0 Å². The molecule has 0 bridgehead atoms. The van der Waals surface area contributed by atoms with Crippen molar-refractivity contribution in [3.8, 4) is 0 Å². The van der Waals surface area contributed by atoms with Crippen LogP contribution in [-0.2, 0) is 19.6 Å². The second-order valence-electron chi connectivity index (χ2n) is 6.17. The zero-order valence-electron chi connectivity index (χ0n) is 15.1. The number of halogens is 16. The van der Waals surface area contributed by atoms with E-state index in [1.165, 1.54) is 4.74 Å². The maximum Gasteiger partial charge on any atom is 0.458 e. The quantitative estimate of drug-likeness (QED) is 0.284. The van der Waals surface area contributed by atoms with Crippen molar-refractivity contribution in [1.29, 1.82) is 0 Å². The fourth-order valence-electron chi connectivity index (χ4n) is 1.61. The van der Waals surface area contributed by atoms with Gasteiger partial charge in [0.2, 0.25) is 0 Å². The highest BCUT2D eigenvalue weighted by molar-refractivity contribution is 7.86. The summed E-state index contributed by atoms with van der Waals surface area (Å²) in [6, 6.07) is 0. The Morgan fingerprint density at radius 2 is 1.06 bits per heavy atom. The van der Waals surface area contributed by atoms with Crippen LogP contribution >= 0.6 is 0 Å². The molecule has 0 fully saturated rings. The molecular weight excluding hydrogens is 548 g/mol. The molecule has 0 aromatic rings. The molecule has 5 nitrogen and oxygen atoms in total. The van der Waals surface area contributed by atoms with Crippen LogP contribution in [0, 0.1) is 0 Å². The van der Waals surface area contributed by atoms with E-state index in [0.717, 1.165) is 0 Å². The summed E-state index contributed by atoms with van der Waals surface area (Å²) in [5.74, 6) is -26.1. The smallest absolute Gasteiger partial charge is 0.458 e. The lowest BCUT2D eigenvalue weighted by Gasteiger charge is -2.41. The Morgan fingerprint density at radius 1 is 0.697 bits per heavy atom. The second kappa shape index (κ2) is 8.14. The summed E-state index contributed by atoms with van der Waals surface area (Å²) in [6.07, 6.45) is -28.7. The van der Waals surface area contributed by atoms with Gasteiger partial charge < -0.3 is 4.55 Å². The van der Waals surface area contributed by atoms with Crippen LogP contribution in [0.15, 0.2) is 0 Å². The average molecular weight is 555 g/mol. The fraction of sp³-hybridized carbons (Fsp3) is 1.00. The molecule has 0 heterocycles. The van der Waals surface area contributed by atoms with E-state index in [-0.39, 0.29) is 0 Å². The van der Waals surface area contributed by atoms with E-state index in [0.29, 0.717) is 0 Å². The highest BCUT2D eigenvalue weighted by atomic mass is 32.2. The topological polar surface area (TPSA) is 75.7 Å². The van der Waals surface area contributed by atoms with Gasteiger partial charge in [0, 0.05) is 13.8 Å². The second-order valence-corrected chi connectivity index (χ2v) is 7.59. The first kappa shape index (κ1) is 31.7. The Morgan fingerprint density at radius 3 is 1.30 bits per heavy atom. The highest BCUT2D eigenvalue weighted by Gasteiger charge is 2.82. The number of rotatable bonds is 10. The molecule has 0 saturated carbocycles. The van der Waals surface area contributed by atoms with Crippen molar-refractivity contribution >= 4 is 10.1 Å². The maximum atomic E-state index is 13.9. The summed E-state index contributed by atoms with van der Waals surface area (Å²) in [4.78, 5) is 0. The molecule has 2 unspecified atom stereocenters. The fourth-order valence-corrected chi connectivity index (χ4v) is 1.95. The van der Waals surface area contributed by atoms with Crippen LogP contribution in [0.5, 0.6) is 0 Å². The minimum atomic E-state index is -7.92. The third-order valence-corrected chi connectivity index (χ3v) is 4.17. The van der Waals surface area contributed by atoms with Gasteiger partial charge in [-0.05, 0) is 0 Å². The Kier molecular flexibility index (Phi) is 7.82. The van der Waals surface area contributed by atoms with E-state index in [4.69, 9.17) is 0 Å². The molecule has 22 heteroatoms. The molecule has 0 aliphatic heterocycles. The number of ether oxygens (including phenoxy) is 2. The third-order valence-electron chi connectivity index (χ3n) is 3.30. The predicted molar refractivity (Wildman–Crippen MR) is 66.6 cm³/mol. The van der Waals surface area contributed by atoms with Gasteiger partial charge in [0.15, 0.2) is 16.2 Å². The summed E-state index contributed by atoms with van der Waals surface area (Å²) in [7, 11) is -7.83. The summed E-state index contributed by atoms with van der Waals surface area (Å²) < 4.78 is 244. The van der Waals surface area contributed by atoms with E-state index in [9.17, 15) is 83.2 Å². The van der Waals surface area contributed by atoms with Gasteiger partial charge in [0.25, 0.3) is 5.92 Å². The average Bonchev–Trinajstić information content (AvgIpc) is 2.47. The number of hydrogen-bond acceptors (Lipinski definition) is 5. The lowest BCUT2D eigenvalue weighted by atomic mass is 10.0. The van der Waals surface area contributed by atoms with Crippen LogP contribution in [-0.4, -0.2) is 66.3 Å². The van der Waals surface area contributed by atoms with E-state index in [2.05, 4.69) is 4.74 Å². The summed E-state index contributed by atoms with van der Waals surface area (Å²) >= 11 is 0. The summed E-state index contributed by atoms with van der Waals surface area (Å²) in [5.41, 5.74) is 0. The summed E-state index contributed by atoms with van der Waals surface area (Å²) in [6.45, 7) is -1.93. The van der Waals surface area contributed by atoms with E-state index < -0.39 is 77.3 Å². The molecular formula is C11H7F16O5S-. The Hall–Kier alpha value is -1.29. The van der Waals surface area contributed by atoms with Crippen molar-refractivity contribution in [3.63, 3.8) is 0 Å². The van der Waals surface area contributed by atoms with Crippen molar-refractivity contribution in [1.82, 2.24) is 0 Å². The highest BCUT2D eigenvalue weighted by Crippen LogP contribution is 2.55. The molecule has 0 aliphatic rings. The first-order valence-corrected chi connectivity index (χ1v) is 8.56. The van der Waals surface area contributed by atoms with Gasteiger partial charge >= 0.3 is 41.3 Å². The van der Waals surface area contributed by atoms with Crippen molar-refractivity contribution in [2.24, 2.45) is 0 Å². The third kappa shape index (κ3) is 5.69. The lowest BCUT2D eigenvalue weighted by molar-refractivity contribution is -0.525. The number of alkyl halides is 16. The van der Waals surface area contributed by atoms with E-state index in [1.807, 2.05) is 0 Å². The molecule has 0 aromatic heterocycles. The molecule has 200 valence electrons. The normalized spacial score (nSPS) is 18.8. The van der Waals surface area contributed by atoms with E-state index >= 15 is 0 Å². The standard InChI is InChI=1S/C11H8F16O5S/c1-4(12,13)3(6(16,17)5(2,14)15)31-9(22,23)7(18,8(19,20)21)32-10(24,25)11(26,27)33(28,29)30/h3H,1-2H3,(H,28,29,30)/p-1. The predicted octanol–water partition coefficient (Wildman–Crippen LogP) is 4.89. The Bertz CT molecular complexity index is 810. The van der Waals surface area contributed by atoms with Crippen LogP contribution in [0.3, 0.4) is 0 Å². The molecule has 0 saturated heterocycles. The molecule has 0 aromatic carbocycles. The molecule has 0 N–H and O–H groups in total. The van der Waals surface area contributed by atoms with Gasteiger partial charge in [-0.3, -0.25) is 9.47 Å². The molecule has 2 atom stereocenters. The zero-order chi connectivity index (χ0) is 27.5. The SMILES string of the molecule is CC(F)(F)C(OC(F)(F)C(F)(OC(F)(F)C(F)(F)S(=O)(=O)[O-])C(F)(F)F)C(F)(F)C(C)(F)F. The van der Waals surface area contributed by atoms with Crippen molar-refractivity contribution in [2.45, 2.75) is 67.2 Å². The minimum absolute atomic E-state index is 0.964. The first-order chi connectivity index (χ1) is 13.8. The van der Waals surface area contributed by atoms with Crippen LogP contribution in [0.25, 0.3) is 0 Å². The van der Waals surface area contributed by atoms with Gasteiger partial charge in [-0.2, -0.15) is 52.7 Å². The van der Waals surface area contributed by atoms with Crippen molar-refractivity contribution < 1.29 is 92.7 Å². The van der Waals surface area contributed by atoms with Crippen LogP contribution < -0.4 is 0 Å². The van der Waals surface area contributed by atoms with Gasteiger partial charge in [-0.1, -0.05) is 0 Å². The summed E-state index contributed by atoms with van der Waals surface area (Å²) in [5, 5.41) is -7.47. The molecule has 0 rings (SSSR count). The molecule has 0 aliphatic carbocycles. The first-order valence-electron chi connectivity index (χ1n) is 7.15. The van der Waals surface area contributed by atoms with Crippen LogP contribution in [0.1, 0.15) is 13.8 Å². The van der Waals surface area contributed by atoms with Gasteiger partial charge in [-0.15, -0.1) is 0 Å². The largest absolute Gasteiger partial charge is 0.743 e. The molecule has 0 radical (unpaired) electrons. The molecule has 33 heavy (non-hydrogen) atoms. The molecule has 0 amide bonds. The lowest BCUT2D eigenvalue weighted by Crippen LogP contribution is -2.67. The van der Waals surface area contributed by atoms with Gasteiger partial charge in [-0.25, -0.2) is 26.0 Å². The maximum absolute atomic E-state index is 13.9. The van der Waals surface area contributed by atoms with Gasteiger partial charge in [0.1, 0.15) is 0 Å². The van der Waals surface area contributed by atoms with Crippen LogP contribution in [0.4, 0.5) is 70.2 Å². The minimum Gasteiger partial charge on any atom is -0.743 e. The van der Waals surface area contributed by atoms with Gasteiger partial charge in [0.05, 0.1) is 0 Å². The Labute approximate surface area is 171 Å². The zero-order valence-corrected chi connectivity index (χ0v) is 15.9. The van der Waals surface area contributed by atoms with Crippen molar-refractivity contribution in [2.75, 3.05) is 0 Å². The number of hydrogen-bond donors (Lipinski definition) is 0.